The maximum absolute atomic E-state index is 9.27. The molecule has 0 aromatic carbocycles. The van der Waals surface area contributed by atoms with Gasteiger partial charge in [-0.25, -0.2) is 4.98 Å². The van der Waals surface area contributed by atoms with Crippen molar-refractivity contribution in [1.82, 2.24) is 9.97 Å². The zero-order chi connectivity index (χ0) is 9.52. The molecule has 1 heterocycles. The van der Waals surface area contributed by atoms with Crippen LogP contribution < -0.4 is 5.32 Å². The van der Waals surface area contributed by atoms with E-state index in [2.05, 4.69) is 15.3 Å². The molecular formula is C8H13N3O2. The lowest BCUT2D eigenvalue weighted by Crippen LogP contribution is -2.24. The Kier molecular flexibility index (Phi) is 4.14. The molecule has 0 saturated heterocycles. The van der Waals surface area contributed by atoms with Crippen LogP contribution in [-0.4, -0.2) is 41.4 Å². The predicted octanol–water partition coefficient (Wildman–Crippen LogP) is -0.104. The summed E-state index contributed by atoms with van der Waals surface area (Å²) >= 11 is 0. The highest BCUT2D eigenvalue weighted by molar-refractivity contribution is 5.29. The molecule has 72 valence electrons. The second-order valence-corrected chi connectivity index (χ2v) is 2.58. The van der Waals surface area contributed by atoms with Crippen molar-refractivity contribution < 1.29 is 9.84 Å². The number of nitrogens with one attached hydrogen (secondary N) is 1. The third-order valence-electron chi connectivity index (χ3n) is 1.44. The minimum atomic E-state index is -0.521. The van der Waals surface area contributed by atoms with Crippen LogP contribution in [0.25, 0.3) is 0 Å². The molecule has 0 aliphatic carbocycles. The number of aliphatic hydroxyl groups is 1. The van der Waals surface area contributed by atoms with Crippen molar-refractivity contribution in [2.24, 2.45) is 0 Å². The number of nitrogens with zero attached hydrogens (tertiary/aromatic N) is 2. The van der Waals surface area contributed by atoms with Crippen molar-refractivity contribution in [2.75, 3.05) is 25.6 Å². The first kappa shape index (κ1) is 9.88. The van der Waals surface area contributed by atoms with Gasteiger partial charge in [-0.2, -0.15) is 0 Å². The molecule has 2 N–H and O–H groups in total. The number of hydrogen-bond donors (Lipinski definition) is 2. The Bertz CT molecular complexity index is 230. The summed E-state index contributed by atoms with van der Waals surface area (Å²) in [6.45, 7) is 0.722. The summed E-state index contributed by atoms with van der Waals surface area (Å²) in [6, 6.07) is 0. The van der Waals surface area contributed by atoms with Crippen LogP contribution in [0.1, 0.15) is 0 Å². The maximum atomic E-state index is 9.27. The monoisotopic (exact) mass is 183 g/mol. The maximum Gasteiger partial charge on any atom is 0.144 e. The molecule has 0 spiro atoms. The van der Waals surface area contributed by atoms with Gasteiger partial charge in [0, 0.05) is 26.0 Å². The molecule has 13 heavy (non-hydrogen) atoms. The van der Waals surface area contributed by atoms with E-state index in [1.165, 1.54) is 0 Å². The number of rotatable bonds is 5. The van der Waals surface area contributed by atoms with Gasteiger partial charge in [0.2, 0.25) is 0 Å². The molecule has 1 aromatic heterocycles. The lowest BCUT2D eigenvalue weighted by molar-refractivity contribution is 0.0727. The van der Waals surface area contributed by atoms with Gasteiger partial charge in [0.25, 0.3) is 0 Å². The Morgan fingerprint density at radius 2 is 2.46 bits per heavy atom. The summed E-state index contributed by atoms with van der Waals surface area (Å²) in [5.41, 5.74) is 0. The number of aromatic nitrogens is 2. The Morgan fingerprint density at radius 1 is 1.62 bits per heavy atom. The Balaban J connectivity index is 2.27. The average Bonchev–Trinajstić information content (AvgIpc) is 2.17. The van der Waals surface area contributed by atoms with E-state index < -0.39 is 6.10 Å². The molecule has 1 aromatic rings. The van der Waals surface area contributed by atoms with Crippen LogP contribution in [0, 0.1) is 0 Å². The van der Waals surface area contributed by atoms with Gasteiger partial charge in [0.1, 0.15) is 5.82 Å². The number of anilines is 1. The fourth-order valence-corrected chi connectivity index (χ4v) is 0.864. The van der Waals surface area contributed by atoms with E-state index in [-0.39, 0.29) is 0 Å². The number of hydrogen-bond acceptors (Lipinski definition) is 5. The van der Waals surface area contributed by atoms with E-state index in [0.717, 1.165) is 0 Å². The highest BCUT2D eigenvalue weighted by Crippen LogP contribution is 1.96. The van der Waals surface area contributed by atoms with Crippen molar-refractivity contribution >= 4 is 5.82 Å². The Hall–Kier alpha value is -1.20. The van der Waals surface area contributed by atoms with E-state index >= 15 is 0 Å². The summed E-state index contributed by atoms with van der Waals surface area (Å²) in [4.78, 5) is 7.86. The van der Waals surface area contributed by atoms with E-state index in [9.17, 15) is 5.11 Å². The largest absolute Gasteiger partial charge is 0.389 e. The second-order valence-electron chi connectivity index (χ2n) is 2.58. The van der Waals surface area contributed by atoms with Crippen LogP contribution in [0.5, 0.6) is 0 Å². The molecule has 0 aliphatic rings. The highest BCUT2D eigenvalue weighted by atomic mass is 16.5. The standard InChI is InChI=1S/C8H13N3O2/c1-13-6-7(12)4-11-8-5-9-2-3-10-8/h2-3,5,7,12H,4,6H2,1H3,(H,10,11). The summed E-state index contributed by atoms with van der Waals surface area (Å²) in [7, 11) is 1.55. The minimum Gasteiger partial charge on any atom is -0.389 e. The van der Waals surface area contributed by atoms with Gasteiger partial charge in [-0.05, 0) is 0 Å². The predicted molar refractivity (Wildman–Crippen MR) is 48.4 cm³/mol. The van der Waals surface area contributed by atoms with Crippen LogP contribution in [0.3, 0.4) is 0 Å². The van der Waals surface area contributed by atoms with E-state index in [1.54, 1.807) is 25.7 Å². The second kappa shape index (κ2) is 5.45. The first-order chi connectivity index (χ1) is 6.33. The van der Waals surface area contributed by atoms with E-state index in [4.69, 9.17) is 4.74 Å². The van der Waals surface area contributed by atoms with E-state index in [1.807, 2.05) is 0 Å². The molecule has 5 nitrogen and oxygen atoms in total. The molecular weight excluding hydrogens is 170 g/mol. The number of ether oxygens (including phenoxy) is 1. The smallest absolute Gasteiger partial charge is 0.144 e. The molecule has 0 radical (unpaired) electrons. The number of aliphatic hydroxyl groups excluding tert-OH is 1. The van der Waals surface area contributed by atoms with E-state index in [0.29, 0.717) is 19.0 Å². The summed E-state index contributed by atoms with van der Waals surface area (Å²) < 4.78 is 4.77. The molecule has 5 heteroatoms. The quantitative estimate of drug-likeness (QED) is 0.667. The molecule has 0 aliphatic heterocycles. The van der Waals surface area contributed by atoms with Gasteiger partial charge in [0.05, 0.1) is 18.9 Å². The molecule has 0 amide bonds. The van der Waals surface area contributed by atoms with Crippen LogP contribution in [0.2, 0.25) is 0 Å². The molecule has 1 atom stereocenters. The van der Waals surface area contributed by atoms with Gasteiger partial charge in [-0.3, -0.25) is 4.98 Å². The van der Waals surface area contributed by atoms with Gasteiger partial charge in [0.15, 0.2) is 0 Å². The average molecular weight is 183 g/mol. The van der Waals surface area contributed by atoms with Crippen molar-refractivity contribution in [3.63, 3.8) is 0 Å². The first-order valence-electron chi connectivity index (χ1n) is 4.00. The van der Waals surface area contributed by atoms with Crippen LogP contribution >= 0.6 is 0 Å². The molecule has 1 unspecified atom stereocenters. The zero-order valence-corrected chi connectivity index (χ0v) is 7.47. The summed E-state index contributed by atoms with van der Waals surface area (Å²) in [5.74, 6) is 0.651. The van der Waals surface area contributed by atoms with Gasteiger partial charge in [-0.15, -0.1) is 0 Å². The molecule has 0 bridgehead atoms. The Labute approximate surface area is 76.8 Å². The third-order valence-corrected chi connectivity index (χ3v) is 1.44. The van der Waals surface area contributed by atoms with Gasteiger partial charge in [-0.1, -0.05) is 0 Å². The lowest BCUT2D eigenvalue weighted by Gasteiger charge is -2.10. The topological polar surface area (TPSA) is 67.3 Å². The normalized spacial score (nSPS) is 12.5. The lowest BCUT2D eigenvalue weighted by atomic mass is 10.4. The van der Waals surface area contributed by atoms with Gasteiger partial charge >= 0.3 is 0 Å². The zero-order valence-electron chi connectivity index (χ0n) is 7.47. The summed E-state index contributed by atoms with van der Waals surface area (Å²) in [5, 5.41) is 12.2. The van der Waals surface area contributed by atoms with Crippen molar-refractivity contribution in [2.45, 2.75) is 6.10 Å². The minimum absolute atomic E-state index is 0.313. The van der Waals surface area contributed by atoms with Crippen molar-refractivity contribution in [1.29, 1.82) is 0 Å². The van der Waals surface area contributed by atoms with Crippen LogP contribution in [0.15, 0.2) is 18.6 Å². The van der Waals surface area contributed by atoms with Crippen LogP contribution in [0.4, 0.5) is 5.82 Å². The van der Waals surface area contributed by atoms with Crippen molar-refractivity contribution in [3.05, 3.63) is 18.6 Å². The summed E-state index contributed by atoms with van der Waals surface area (Å²) in [6.07, 6.45) is 4.26. The van der Waals surface area contributed by atoms with Crippen LogP contribution in [-0.2, 0) is 4.74 Å². The number of methoxy groups -OCH3 is 1. The SMILES string of the molecule is COCC(O)CNc1cnccn1. The fourth-order valence-electron chi connectivity index (χ4n) is 0.864. The fraction of sp³-hybridized carbons (Fsp3) is 0.500. The van der Waals surface area contributed by atoms with Crippen molar-refractivity contribution in [3.8, 4) is 0 Å². The Morgan fingerprint density at radius 3 is 3.08 bits per heavy atom. The first-order valence-corrected chi connectivity index (χ1v) is 4.00. The molecule has 0 fully saturated rings. The molecule has 0 saturated carbocycles. The van der Waals surface area contributed by atoms with Gasteiger partial charge < -0.3 is 15.2 Å². The highest BCUT2D eigenvalue weighted by Gasteiger charge is 2.02. The third kappa shape index (κ3) is 3.82. The molecule has 1 rings (SSSR count).